The fourth-order valence-electron chi connectivity index (χ4n) is 3.02. The van der Waals surface area contributed by atoms with Crippen molar-refractivity contribution in [2.75, 3.05) is 17.4 Å². The number of hydrogen-bond donors (Lipinski definition) is 2. The number of carbonyl (C=O) groups excluding carboxylic acids is 1. The third-order valence-electron chi connectivity index (χ3n) is 4.52. The van der Waals surface area contributed by atoms with Gasteiger partial charge in [0.1, 0.15) is 0 Å². The average Bonchev–Trinajstić information content (AvgIpc) is 3.18. The van der Waals surface area contributed by atoms with E-state index < -0.39 is 0 Å². The van der Waals surface area contributed by atoms with Gasteiger partial charge in [-0.15, -0.1) is 10.2 Å². The Labute approximate surface area is 162 Å². The van der Waals surface area contributed by atoms with Gasteiger partial charge >= 0.3 is 0 Å². The van der Waals surface area contributed by atoms with E-state index in [9.17, 15) is 4.79 Å². The second-order valence-electron chi connectivity index (χ2n) is 6.41. The minimum atomic E-state index is -0.286. The predicted molar refractivity (Wildman–Crippen MR) is 106 cm³/mol. The van der Waals surface area contributed by atoms with Crippen LogP contribution >= 0.6 is 0 Å². The van der Waals surface area contributed by atoms with E-state index >= 15 is 0 Å². The Morgan fingerprint density at radius 2 is 1.93 bits per heavy atom. The number of nitrogens with zero attached hydrogens (tertiary/aromatic N) is 2. The molecule has 0 aliphatic carbocycles. The van der Waals surface area contributed by atoms with Crippen molar-refractivity contribution >= 4 is 23.1 Å². The Kier molecular flexibility index (Phi) is 4.80. The fourth-order valence-corrected chi connectivity index (χ4v) is 3.02. The number of hydrogen-bond acceptors (Lipinski definition) is 6. The largest absolute Gasteiger partial charge is 0.454 e. The molecule has 1 aromatic heterocycles. The molecule has 7 nitrogen and oxygen atoms in total. The summed E-state index contributed by atoms with van der Waals surface area (Å²) in [5, 5.41) is 14.2. The van der Waals surface area contributed by atoms with Gasteiger partial charge in [-0.05, 0) is 48.7 Å². The van der Waals surface area contributed by atoms with Crippen molar-refractivity contribution in [1.82, 2.24) is 10.2 Å². The smallest absolute Gasteiger partial charge is 0.276 e. The Balaban J connectivity index is 1.46. The zero-order valence-corrected chi connectivity index (χ0v) is 15.7. The summed E-state index contributed by atoms with van der Waals surface area (Å²) < 4.78 is 10.7. The molecule has 1 amide bonds. The summed E-state index contributed by atoms with van der Waals surface area (Å²) in [6, 6.07) is 14.8. The molecule has 0 spiro atoms. The zero-order chi connectivity index (χ0) is 19.5. The van der Waals surface area contributed by atoms with Gasteiger partial charge in [0.2, 0.25) is 6.79 Å². The highest BCUT2D eigenvalue weighted by Crippen LogP contribution is 2.34. The third-order valence-corrected chi connectivity index (χ3v) is 4.52. The van der Waals surface area contributed by atoms with Gasteiger partial charge in [0.25, 0.3) is 5.91 Å². The Morgan fingerprint density at radius 1 is 1.07 bits per heavy atom. The molecular weight excluding hydrogens is 356 g/mol. The molecule has 0 fully saturated rings. The first-order valence-electron chi connectivity index (χ1n) is 9.04. The molecule has 0 unspecified atom stereocenters. The number of ether oxygens (including phenoxy) is 2. The quantitative estimate of drug-likeness (QED) is 0.698. The molecular formula is C21H20N4O3. The molecule has 0 atom stereocenters. The topological polar surface area (TPSA) is 85.4 Å². The van der Waals surface area contributed by atoms with Crippen LogP contribution in [0.1, 0.15) is 28.5 Å². The van der Waals surface area contributed by atoms with Crippen molar-refractivity contribution in [3.63, 3.8) is 0 Å². The van der Waals surface area contributed by atoms with Crippen LogP contribution in [0.4, 0.5) is 17.2 Å². The highest BCUT2D eigenvalue weighted by Gasteiger charge is 2.15. The zero-order valence-electron chi connectivity index (χ0n) is 15.7. The highest BCUT2D eigenvalue weighted by molar-refractivity contribution is 6.03. The molecule has 142 valence electrons. The normalized spacial score (nSPS) is 11.9. The maximum absolute atomic E-state index is 12.6. The number of amides is 1. The van der Waals surface area contributed by atoms with Gasteiger partial charge in [-0.25, -0.2) is 0 Å². The number of carbonyl (C=O) groups is 1. The molecule has 1 aliphatic rings. The Bertz CT molecular complexity index is 1020. The van der Waals surface area contributed by atoms with Gasteiger partial charge < -0.3 is 20.1 Å². The van der Waals surface area contributed by atoms with Crippen LogP contribution in [0.15, 0.2) is 48.5 Å². The summed E-state index contributed by atoms with van der Waals surface area (Å²) in [6.45, 7) is 4.25. The van der Waals surface area contributed by atoms with E-state index in [4.69, 9.17) is 9.47 Å². The third kappa shape index (κ3) is 3.59. The molecule has 0 radical (unpaired) electrons. The van der Waals surface area contributed by atoms with E-state index in [0.29, 0.717) is 17.3 Å². The maximum Gasteiger partial charge on any atom is 0.276 e. The van der Waals surface area contributed by atoms with Crippen LogP contribution < -0.4 is 20.1 Å². The number of rotatable bonds is 5. The van der Waals surface area contributed by atoms with Crippen LogP contribution in [0.2, 0.25) is 0 Å². The lowest BCUT2D eigenvalue weighted by molar-refractivity contribution is 0.102. The molecule has 4 rings (SSSR count). The van der Waals surface area contributed by atoms with Gasteiger partial charge in [-0.1, -0.05) is 25.1 Å². The molecule has 3 aromatic rings. The van der Waals surface area contributed by atoms with Crippen molar-refractivity contribution in [3.05, 3.63) is 65.4 Å². The molecule has 2 aromatic carbocycles. The van der Waals surface area contributed by atoms with Crippen LogP contribution in [0.25, 0.3) is 0 Å². The second-order valence-corrected chi connectivity index (χ2v) is 6.41. The molecule has 7 heteroatoms. The number of aryl methyl sites for hydroxylation is 2. The monoisotopic (exact) mass is 376 g/mol. The van der Waals surface area contributed by atoms with Gasteiger partial charge in [0.15, 0.2) is 23.0 Å². The second kappa shape index (κ2) is 7.56. The number of anilines is 3. The van der Waals surface area contributed by atoms with Crippen LogP contribution in [0.3, 0.4) is 0 Å². The lowest BCUT2D eigenvalue weighted by atomic mass is 10.1. The summed E-state index contributed by atoms with van der Waals surface area (Å²) >= 11 is 0. The summed E-state index contributed by atoms with van der Waals surface area (Å²) in [6.07, 6.45) is 0.835. The summed E-state index contributed by atoms with van der Waals surface area (Å²) in [7, 11) is 0. The van der Waals surface area contributed by atoms with E-state index in [0.717, 1.165) is 28.9 Å². The van der Waals surface area contributed by atoms with Crippen molar-refractivity contribution in [2.45, 2.75) is 20.3 Å². The van der Waals surface area contributed by atoms with E-state index in [1.165, 1.54) is 0 Å². The van der Waals surface area contributed by atoms with Crippen molar-refractivity contribution in [2.24, 2.45) is 0 Å². The van der Waals surface area contributed by atoms with Crippen molar-refractivity contribution in [3.8, 4) is 11.5 Å². The van der Waals surface area contributed by atoms with Gasteiger partial charge in [0.05, 0.1) is 0 Å². The van der Waals surface area contributed by atoms with Crippen LogP contribution in [0.5, 0.6) is 11.5 Å². The average molecular weight is 376 g/mol. The first kappa shape index (κ1) is 17.8. The van der Waals surface area contributed by atoms with Crippen LogP contribution in [0, 0.1) is 6.92 Å². The molecule has 2 N–H and O–H groups in total. The summed E-state index contributed by atoms with van der Waals surface area (Å²) in [5.41, 5.74) is 3.98. The van der Waals surface area contributed by atoms with E-state index in [1.807, 2.05) is 43.3 Å². The first-order valence-corrected chi connectivity index (χ1v) is 9.04. The van der Waals surface area contributed by atoms with E-state index in [1.54, 1.807) is 12.1 Å². The Morgan fingerprint density at radius 3 is 2.71 bits per heavy atom. The number of nitrogens with one attached hydrogen (secondary N) is 2. The number of fused-ring (bicyclic) bond motifs is 1. The standard InChI is InChI=1S/C21H20N4O3/c1-3-14-6-4-5-13(2)20(14)23-21(26)16-8-10-19(25-24-16)22-15-7-9-17-18(11-15)28-12-27-17/h4-11H,3,12H2,1-2H3,(H,22,25)(H,23,26). The lowest BCUT2D eigenvalue weighted by Gasteiger charge is -2.12. The van der Waals surface area contributed by atoms with Crippen LogP contribution in [-0.2, 0) is 6.42 Å². The SMILES string of the molecule is CCc1cccc(C)c1NC(=O)c1ccc(Nc2ccc3c(c2)OCO3)nn1. The minimum Gasteiger partial charge on any atom is -0.454 e. The number of benzene rings is 2. The van der Waals surface area contributed by atoms with Gasteiger partial charge in [0, 0.05) is 17.4 Å². The van der Waals surface area contributed by atoms with E-state index in [-0.39, 0.29) is 18.4 Å². The molecule has 2 heterocycles. The predicted octanol–water partition coefficient (Wildman–Crippen LogP) is 4.07. The first-order chi connectivity index (χ1) is 13.6. The molecule has 0 saturated heterocycles. The van der Waals surface area contributed by atoms with Gasteiger partial charge in [-0.3, -0.25) is 4.79 Å². The Hall–Kier alpha value is -3.61. The van der Waals surface area contributed by atoms with E-state index in [2.05, 4.69) is 27.8 Å². The van der Waals surface area contributed by atoms with Gasteiger partial charge in [-0.2, -0.15) is 0 Å². The minimum absolute atomic E-state index is 0.225. The molecule has 28 heavy (non-hydrogen) atoms. The van der Waals surface area contributed by atoms with Crippen molar-refractivity contribution < 1.29 is 14.3 Å². The number of aromatic nitrogens is 2. The molecule has 0 bridgehead atoms. The maximum atomic E-state index is 12.6. The number of para-hydroxylation sites is 1. The van der Waals surface area contributed by atoms with Crippen molar-refractivity contribution in [1.29, 1.82) is 0 Å². The molecule has 0 saturated carbocycles. The highest BCUT2D eigenvalue weighted by atomic mass is 16.7. The summed E-state index contributed by atoms with van der Waals surface area (Å²) in [4.78, 5) is 12.6. The lowest BCUT2D eigenvalue weighted by Crippen LogP contribution is -2.16. The molecule has 1 aliphatic heterocycles. The fraction of sp³-hybridized carbons (Fsp3) is 0.190. The summed E-state index contributed by atoms with van der Waals surface area (Å²) in [5.74, 6) is 1.64. The van der Waals surface area contributed by atoms with Crippen LogP contribution in [-0.4, -0.2) is 22.9 Å².